The number of aliphatic carboxylic acids is 1. The van der Waals surface area contributed by atoms with E-state index in [1.54, 1.807) is 13.8 Å². The van der Waals surface area contributed by atoms with Gasteiger partial charge in [0.1, 0.15) is 5.54 Å². The fourth-order valence-corrected chi connectivity index (χ4v) is 3.36. The molecule has 0 bridgehead atoms. The molecule has 0 atom stereocenters. The Morgan fingerprint density at radius 1 is 1.19 bits per heavy atom. The first-order chi connectivity index (χ1) is 9.68. The molecular formula is C13H18N2O5S. The van der Waals surface area contributed by atoms with E-state index in [1.165, 1.54) is 24.3 Å². The summed E-state index contributed by atoms with van der Waals surface area (Å²) in [6.45, 7) is 3.19. The molecule has 4 N–H and O–H groups in total. The average Bonchev–Trinajstić information content (AvgIpc) is 2.44. The standard InChI is InChI=1S/C13H18N2O5S/c1-3-13(4-2,12(17)18)15-21(19,20)10-7-5-9(6-8-10)11(14)16/h5-8,15H,3-4H2,1-2H3,(H2,14,16)(H,17,18). The number of hydrogen-bond acceptors (Lipinski definition) is 4. The maximum Gasteiger partial charge on any atom is 0.324 e. The van der Waals surface area contributed by atoms with Crippen molar-refractivity contribution in [1.82, 2.24) is 4.72 Å². The Hall–Kier alpha value is -1.93. The minimum atomic E-state index is -4.01. The number of amides is 1. The zero-order valence-corrected chi connectivity index (χ0v) is 12.6. The van der Waals surface area contributed by atoms with Crippen LogP contribution < -0.4 is 10.5 Å². The third-order valence-corrected chi connectivity index (χ3v) is 4.95. The molecule has 1 aromatic rings. The van der Waals surface area contributed by atoms with Crippen molar-refractivity contribution < 1.29 is 23.1 Å². The monoisotopic (exact) mass is 314 g/mol. The van der Waals surface area contributed by atoms with Crippen LogP contribution in [0.1, 0.15) is 37.0 Å². The van der Waals surface area contributed by atoms with E-state index in [0.717, 1.165) is 0 Å². The lowest BCUT2D eigenvalue weighted by atomic mass is 9.95. The molecular weight excluding hydrogens is 296 g/mol. The number of rotatable bonds is 7. The van der Waals surface area contributed by atoms with Crippen LogP contribution in [-0.2, 0) is 14.8 Å². The van der Waals surface area contributed by atoms with Gasteiger partial charge in [-0.3, -0.25) is 9.59 Å². The maximum absolute atomic E-state index is 12.3. The molecule has 0 unspecified atom stereocenters. The summed E-state index contributed by atoms with van der Waals surface area (Å²) in [4.78, 5) is 22.2. The summed E-state index contributed by atoms with van der Waals surface area (Å²) in [6.07, 6.45) is 0.217. The van der Waals surface area contributed by atoms with Crippen molar-refractivity contribution in [3.05, 3.63) is 29.8 Å². The normalized spacial score (nSPS) is 12.1. The summed E-state index contributed by atoms with van der Waals surface area (Å²) in [7, 11) is -4.01. The smallest absolute Gasteiger partial charge is 0.324 e. The van der Waals surface area contributed by atoms with Crippen LogP contribution in [0.2, 0.25) is 0 Å². The Balaban J connectivity index is 3.16. The number of sulfonamides is 1. The Kier molecular flexibility index (Phi) is 5.08. The third-order valence-electron chi connectivity index (χ3n) is 3.40. The highest BCUT2D eigenvalue weighted by Gasteiger charge is 2.39. The molecule has 21 heavy (non-hydrogen) atoms. The van der Waals surface area contributed by atoms with E-state index in [0.29, 0.717) is 0 Å². The molecule has 0 aliphatic carbocycles. The van der Waals surface area contributed by atoms with Crippen LogP contribution in [-0.4, -0.2) is 30.9 Å². The molecule has 1 aromatic carbocycles. The minimum absolute atomic E-state index is 0.109. The van der Waals surface area contributed by atoms with Gasteiger partial charge in [-0.2, -0.15) is 4.72 Å². The quantitative estimate of drug-likeness (QED) is 0.683. The highest BCUT2D eigenvalue weighted by atomic mass is 32.2. The Labute approximate surface area is 123 Å². The molecule has 116 valence electrons. The number of hydrogen-bond donors (Lipinski definition) is 3. The number of carboxylic acid groups (broad SMARTS) is 1. The van der Waals surface area contributed by atoms with Crippen LogP contribution in [0, 0.1) is 0 Å². The molecule has 0 spiro atoms. The second-order valence-electron chi connectivity index (χ2n) is 4.59. The van der Waals surface area contributed by atoms with Crippen LogP contribution in [0.5, 0.6) is 0 Å². The summed E-state index contributed by atoms with van der Waals surface area (Å²) in [5.74, 6) is -1.90. The van der Waals surface area contributed by atoms with E-state index < -0.39 is 27.4 Å². The highest BCUT2D eigenvalue weighted by molar-refractivity contribution is 7.89. The van der Waals surface area contributed by atoms with Crippen molar-refractivity contribution in [1.29, 1.82) is 0 Å². The average molecular weight is 314 g/mol. The largest absolute Gasteiger partial charge is 0.480 e. The van der Waals surface area contributed by atoms with Gasteiger partial charge in [-0.25, -0.2) is 8.42 Å². The van der Waals surface area contributed by atoms with Gasteiger partial charge in [0, 0.05) is 5.56 Å². The van der Waals surface area contributed by atoms with Crippen molar-refractivity contribution >= 4 is 21.9 Å². The number of nitrogens with one attached hydrogen (secondary N) is 1. The van der Waals surface area contributed by atoms with Crippen molar-refractivity contribution in [2.75, 3.05) is 0 Å². The zero-order valence-electron chi connectivity index (χ0n) is 11.8. The molecule has 0 fully saturated rings. The van der Waals surface area contributed by atoms with Gasteiger partial charge >= 0.3 is 5.97 Å². The first-order valence-electron chi connectivity index (χ1n) is 6.35. The lowest BCUT2D eigenvalue weighted by molar-refractivity contribution is -0.144. The van der Waals surface area contributed by atoms with Crippen molar-refractivity contribution in [2.24, 2.45) is 5.73 Å². The molecule has 0 aliphatic rings. The van der Waals surface area contributed by atoms with Gasteiger partial charge in [0.25, 0.3) is 0 Å². The van der Waals surface area contributed by atoms with E-state index in [9.17, 15) is 23.1 Å². The molecule has 1 amide bonds. The first-order valence-corrected chi connectivity index (χ1v) is 7.84. The third kappa shape index (κ3) is 3.59. The molecule has 0 aliphatic heterocycles. The number of carbonyl (C=O) groups excluding carboxylic acids is 1. The number of primary amides is 1. The summed E-state index contributed by atoms with van der Waals surface area (Å²) in [5.41, 5.74) is 3.69. The molecule has 0 aromatic heterocycles. The first kappa shape index (κ1) is 17.1. The van der Waals surface area contributed by atoms with Gasteiger partial charge in [-0.15, -0.1) is 0 Å². The summed E-state index contributed by atoms with van der Waals surface area (Å²) < 4.78 is 26.7. The molecule has 1 rings (SSSR count). The number of nitrogens with two attached hydrogens (primary N) is 1. The van der Waals surface area contributed by atoms with E-state index in [4.69, 9.17) is 5.73 Å². The van der Waals surface area contributed by atoms with E-state index in [1.807, 2.05) is 0 Å². The lowest BCUT2D eigenvalue weighted by Gasteiger charge is -2.27. The van der Waals surface area contributed by atoms with E-state index in [-0.39, 0.29) is 23.3 Å². The maximum atomic E-state index is 12.3. The van der Waals surface area contributed by atoms with Crippen LogP contribution in [0.4, 0.5) is 0 Å². The number of benzene rings is 1. The second kappa shape index (κ2) is 6.23. The van der Waals surface area contributed by atoms with Crippen LogP contribution >= 0.6 is 0 Å². The topological polar surface area (TPSA) is 127 Å². The van der Waals surface area contributed by atoms with Crippen LogP contribution in [0.3, 0.4) is 0 Å². The second-order valence-corrected chi connectivity index (χ2v) is 6.27. The fraction of sp³-hybridized carbons (Fsp3) is 0.385. The molecule has 7 nitrogen and oxygen atoms in total. The van der Waals surface area contributed by atoms with Gasteiger partial charge in [-0.1, -0.05) is 13.8 Å². The van der Waals surface area contributed by atoms with Gasteiger partial charge in [0.2, 0.25) is 15.9 Å². The van der Waals surface area contributed by atoms with Gasteiger partial charge in [0.15, 0.2) is 0 Å². The van der Waals surface area contributed by atoms with Gasteiger partial charge < -0.3 is 10.8 Å². The fourth-order valence-electron chi connectivity index (χ4n) is 1.85. The molecule has 0 saturated carbocycles. The summed E-state index contributed by atoms with van der Waals surface area (Å²) in [5, 5.41) is 9.26. The molecule has 8 heteroatoms. The lowest BCUT2D eigenvalue weighted by Crippen LogP contribution is -2.53. The van der Waals surface area contributed by atoms with Crippen molar-refractivity contribution in [3.8, 4) is 0 Å². The van der Waals surface area contributed by atoms with Crippen molar-refractivity contribution in [3.63, 3.8) is 0 Å². The minimum Gasteiger partial charge on any atom is -0.480 e. The highest BCUT2D eigenvalue weighted by Crippen LogP contribution is 2.20. The summed E-state index contributed by atoms with van der Waals surface area (Å²) in [6, 6.07) is 4.97. The van der Waals surface area contributed by atoms with Crippen molar-refractivity contribution in [2.45, 2.75) is 37.1 Å². The Bertz CT molecular complexity index is 633. The van der Waals surface area contributed by atoms with Crippen LogP contribution in [0.25, 0.3) is 0 Å². The van der Waals surface area contributed by atoms with Gasteiger partial charge in [0.05, 0.1) is 4.90 Å². The van der Waals surface area contributed by atoms with E-state index in [2.05, 4.69) is 4.72 Å². The number of carboxylic acids is 1. The predicted octanol–water partition coefficient (Wildman–Crippen LogP) is 0.707. The SMILES string of the molecule is CCC(CC)(NS(=O)(=O)c1ccc(C(N)=O)cc1)C(=O)O. The molecule has 0 radical (unpaired) electrons. The number of carbonyl (C=O) groups is 2. The Morgan fingerprint density at radius 3 is 2.00 bits per heavy atom. The Morgan fingerprint density at radius 2 is 1.67 bits per heavy atom. The van der Waals surface area contributed by atoms with E-state index >= 15 is 0 Å². The molecule has 0 saturated heterocycles. The summed E-state index contributed by atoms with van der Waals surface area (Å²) >= 11 is 0. The predicted molar refractivity (Wildman–Crippen MR) is 76.2 cm³/mol. The van der Waals surface area contributed by atoms with Crippen LogP contribution in [0.15, 0.2) is 29.2 Å². The zero-order chi connectivity index (χ0) is 16.3. The van der Waals surface area contributed by atoms with Gasteiger partial charge in [-0.05, 0) is 37.1 Å². The molecule has 0 heterocycles.